The van der Waals surface area contributed by atoms with Crippen LogP contribution in [0.1, 0.15) is 30.5 Å². The molecular weight excluding hydrogens is 222 g/mol. The zero-order valence-corrected chi connectivity index (χ0v) is 11.5. The normalized spacial score (nSPS) is 11.2. The molecule has 0 saturated carbocycles. The summed E-state index contributed by atoms with van der Waals surface area (Å²) in [5, 5.41) is 7.23. The largest absolute Gasteiger partial charge is 0.382 e. The van der Waals surface area contributed by atoms with Crippen LogP contribution in [0.2, 0.25) is 0 Å². The van der Waals surface area contributed by atoms with Crippen molar-refractivity contribution in [2.24, 2.45) is 5.92 Å². The Hall–Kier alpha value is -1.77. The van der Waals surface area contributed by atoms with E-state index in [1.54, 1.807) is 0 Å². The lowest BCUT2D eigenvalue weighted by Crippen LogP contribution is -1.99. The van der Waals surface area contributed by atoms with Gasteiger partial charge in [-0.25, -0.2) is 0 Å². The summed E-state index contributed by atoms with van der Waals surface area (Å²) in [5.74, 6) is 1.19. The van der Waals surface area contributed by atoms with E-state index in [2.05, 4.69) is 56.1 Å². The number of aromatic nitrogens is 2. The first-order valence-corrected chi connectivity index (χ1v) is 6.38. The fourth-order valence-corrected chi connectivity index (χ4v) is 2.35. The minimum atomic E-state index is 0.564. The zero-order chi connectivity index (χ0) is 13.3. The maximum Gasteiger partial charge on any atom is 0.149 e. The number of nitrogens with one attached hydrogen (secondary N) is 1. The minimum Gasteiger partial charge on any atom is -0.382 e. The summed E-state index contributed by atoms with van der Waals surface area (Å²) >= 11 is 0. The number of H-pyrrole nitrogens is 1. The van der Waals surface area contributed by atoms with E-state index in [1.807, 2.05) is 0 Å². The molecule has 1 heterocycles. The van der Waals surface area contributed by atoms with E-state index in [1.165, 1.54) is 16.7 Å². The number of nitrogens with zero attached hydrogens (tertiary/aromatic N) is 1. The van der Waals surface area contributed by atoms with Crippen LogP contribution < -0.4 is 5.73 Å². The van der Waals surface area contributed by atoms with Crippen molar-refractivity contribution in [3.8, 4) is 11.3 Å². The Balaban J connectivity index is 2.50. The van der Waals surface area contributed by atoms with Gasteiger partial charge in [-0.3, -0.25) is 5.10 Å². The summed E-state index contributed by atoms with van der Waals surface area (Å²) in [5.41, 5.74) is 11.8. The first-order chi connectivity index (χ1) is 8.47. The number of benzene rings is 1. The van der Waals surface area contributed by atoms with E-state index < -0.39 is 0 Å². The second-order valence-electron chi connectivity index (χ2n) is 5.44. The monoisotopic (exact) mass is 243 g/mol. The zero-order valence-electron chi connectivity index (χ0n) is 11.5. The summed E-state index contributed by atoms with van der Waals surface area (Å²) in [6.45, 7) is 8.60. The molecule has 0 radical (unpaired) electrons. The van der Waals surface area contributed by atoms with Gasteiger partial charge in [-0.05, 0) is 38.3 Å². The van der Waals surface area contributed by atoms with Gasteiger partial charge in [-0.1, -0.05) is 31.0 Å². The van der Waals surface area contributed by atoms with E-state index in [0.717, 1.165) is 17.7 Å². The van der Waals surface area contributed by atoms with Gasteiger partial charge in [0.2, 0.25) is 0 Å². The fraction of sp³-hybridized carbons (Fsp3) is 0.400. The molecule has 0 fully saturated rings. The molecule has 0 bridgehead atoms. The summed E-state index contributed by atoms with van der Waals surface area (Å²) in [6, 6.07) is 6.51. The average Bonchev–Trinajstić information content (AvgIpc) is 2.58. The first-order valence-electron chi connectivity index (χ1n) is 6.38. The smallest absolute Gasteiger partial charge is 0.149 e. The molecule has 0 saturated heterocycles. The number of hydrogen-bond donors (Lipinski definition) is 2. The van der Waals surface area contributed by atoms with Crippen LogP contribution in [0.25, 0.3) is 11.3 Å². The Kier molecular flexibility index (Phi) is 3.41. The Bertz CT molecular complexity index is 533. The second kappa shape index (κ2) is 4.84. The molecule has 0 aliphatic carbocycles. The van der Waals surface area contributed by atoms with Crippen molar-refractivity contribution in [2.45, 2.75) is 34.1 Å². The van der Waals surface area contributed by atoms with Gasteiger partial charge in [0.1, 0.15) is 5.82 Å². The first kappa shape index (κ1) is 12.7. The van der Waals surface area contributed by atoms with Crippen LogP contribution in [-0.4, -0.2) is 10.2 Å². The molecule has 3 heteroatoms. The third-order valence-corrected chi connectivity index (χ3v) is 3.02. The molecule has 96 valence electrons. The fourth-order valence-electron chi connectivity index (χ4n) is 2.35. The molecule has 2 rings (SSSR count). The predicted molar refractivity (Wildman–Crippen MR) is 76.5 cm³/mol. The summed E-state index contributed by atoms with van der Waals surface area (Å²) < 4.78 is 0. The van der Waals surface area contributed by atoms with Crippen molar-refractivity contribution >= 4 is 5.82 Å². The second-order valence-corrected chi connectivity index (χ2v) is 5.44. The number of hydrogen-bond acceptors (Lipinski definition) is 2. The highest BCUT2D eigenvalue weighted by Gasteiger charge is 2.14. The highest BCUT2D eigenvalue weighted by molar-refractivity contribution is 5.69. The molecule has 2 aromatic rings. The van der Waals surface area contributed by atoms with Gasteiger partial charge in [0, 0.05) is 11.1 Å². The lowest BCUT2D eigenvalue weighted by molar-refractivity contribution is 0.649. The summed E-state index contributed by atoms with van der Waals surface area (Å²) in [4.78, 5) is 0. The number of aromatic amines is 1. The average molecular weight is 243 g/mol. The number of anilines is 1. The van der Waals surface area contributed by atoms with Crippen LogP contribution in [0.5, 0.6) is 0 Å². The van der Waals surface area contributed by atoms with Gasteiger partial charge in [-0.15, -0.1) is 0 Å². The van der Waals surface area contributed by atoms with Crippen molar-refractivity contribution in [1.29, 1.82) is 0 Å². The molecule has 0 aliphatic rings. The minimum absolute atomic E-state index is 0.564. The van der Waals surface area contributed by atoms with Crippen molar-refractivity contribution in [3.05, 3.63) is 34.9 Å². The lowest BCUT2D eigenvalue weighted by atomic mass is 9.97. The predicted octanol–water partition coefficient (Wildman–Crippen LogP) is 3.47. The molecule has 3 nitrogen and oxygen atoms in total. The van der Waals surface area contributed by atoms with Crippen LogP contribution in [0.3, 0.4) is 0 Å². The number of nitrogen functional groups attached to an aromatic ring is 1. The molecule has 0 spiro atoms. The molecule has 0 atom stereocenters. The standard InChI is InChI=1S/C15H21N3/c1-9(2)5-13-14(17-18-15(13)16)12-7-10(3)6-11(4)8-12/h6-9H,5H2,1-4H3,(H3,16,17,18). The van der Waals surface area contributed by atoms with Crippen molar-refractivity contribution in [1.82, 2.24) is 10.2 Å². The Labute approximate surface area is 108 Å². The van der Waals surface area contributed by atoms with E-state index in [-0.39, 0.29) is 0 Å². The third kappa shape index (κ3) is 2.55. The lowest BCUT2D eigenvalue weighted by Gasteiger charge is -2.08. The number of nitrogens with two attached hydrogens (primary N) is 1. The van der Waals surface area contributed by atoms with Gasteiger partial charge in [-0.2, -0.15) is 5.10 Å². The third-order valence-electron chi connectivity index (χ3n) is 3.02. The topological polar surface area (TPSA) is 54.7 Å². The highest BCUT2D eigenvalue weighted by Crippen LogP contribution is 2.28. The summed E-state index contributed by atoms with van der Waals surface area (Å²) in [7, 11) is 0. The molecule has 0 aliphatic heterocycles. The summed E-state index contributed by atoms with van der Waals surface area (Å²) in [6.07, 6.45) is 0.949. The van der Waals surface area contributed by atoms with Crippen molar-refractivity contribution in [2.75, 3.05) is 5.73 Å². The van der Waals surface area contributed by atoms with Crippen LogP contribution in [0.15, 0.2) is 18.2 Å². The van der Waals surface area contributed by atoms with Crippen LogP contribution in [0.4, 0.5) is 5.82 Å². The van der Waals surface area contributed by atoms with E-state index in [9.17, 15) is 0 Å². The van der Waals surface area contributed by atoms with Crippen molar-refractivity contribution in [3.63, 3.8) is 0 Å². The van der Waals surface area contributed by atoms with Crippen LogP contribution >= 0.6 is 0 Å². The van der Waals surface area contributed by atoms with Gasteiger partial charge in [0.25, 0.3) is 0 Å². The maximum atomic E-state index is 5.96. The molecular formula is C15H21N3. The quantitative estimate of drug-likeness (QED) is 0.867. The van der Waals surface area contributed by atoms with E-state index in [0.29, 0.717) is 11.7 Å². The molecule has 1 aromatic carbocycles. The molecule has 18 heavy (non-hydrogen) atoms. The van der Waals surface area contributed by atoms with E-state index in [4.69, 9.17) is 5.73 Å². The van der Waals surface area contributed by atoms with Gasteiger partial charge in [0.05, 0.1) is 5.69 Å². The van der Waals surface area contributed by atoms with E-state index >= 15 is 0 Å². The van der Waals surface area contributed by atoms with Gasteiger partial charge in [0.15, 0.2) is 0 Å². The molecule has 0 unspecified atom stereocenters. The SMILES string of the molecule is Cc1cc(C)cc(-c2[nH]nc(N)c2CC(C)C)c1. The Morgan fingerprint density at radius 1 is 1.17 bits per heavy atom. The van der Waals surface area contributed by atoms with Gasteiger partial charge < -0.3 is 5.73 Å². The molecule has 1 aromatic heterocycles. The van der Waals surface area contributed by atoms with Crippen LogP contribution in [-0.2, 0) is 6.42 Å². The number of aryl methyl sites for hydroxylation is 2. The number of rotatable bonds is 3. The Morgan fingerprint density at radius 3 is 2.33 bits per heavy atom. The van der Waals surface area contributed by atoms with Crippen LogP contribution in [0, 0.1) is 19.8 Å². The van der Waals surface area contributed by atoms with Gasteiger partial charge >= 0.3 is 0 Å². The highest BCUT2D eigenvalue weighted by atomic mass is 15.2. The molecule has 0 amide bonds. The molecule has 3 N–H and O–H groups in total. The Morgan fingerprint density at radius 2 is 1.78 bits per heavy atom. The maximum absolute atomic E-state index is 5.96. The van der Waals surface area contributed by atoms with Crippen molar-refractivity contribution < 1.29 is 0 Å².